The quantitative estimate of drug-likeness (QED) is 0.790. The van der Waals surface area contributed by atoms with Crippen molar-refractivity contribution in [2.24, 2.45) is 11.8 Å². The Hall–Kier alpha value is -0.570. The van der Waals surface area contributed by atoms with Crippen molar-refractivity contribution in [2.45, 2.75) is 70.4 Å². The molecule has 0 aromatic heterocycles. The van der Waals surface area contributed by atoms with Gasteiger partial charge in [0, 0.05) is 6.04 Å². The van der Waals surface area contributed by atoms with Crippen LogP contribution < -0.4 is 5.32 Å². The Kier molecular flexibility index (Phi) is 3.76. The number of rotatable bonds is 4. The third kappa shape index (κ3) is 3.01. The minimum Gasteiger partial charge on any atom is -0.380 e. The summed E-state index contributed by atoms with van der Waals surface area (Å²) in [5, 5.41) is 12.7. The number of hydrogen-bond donors (Lipinski definition) is 2. The Morgan fingerprint density at radius 3 is 2.41 bits per heavy atom. The van der Waals surface area contributed by atoms with E-state index in [0.717, 1.165) is 24.7 Å². The van der Waals surface area contributed by atoms with Crippen molar-refractivity contribution in [2.75, 3.05) is 0 Å². The van der Waals surface area contributed by atoms with Gasteiger partial charge in [-0.3, -0.25) is 4.79 Å². The molecule has 0 saturated heterocycles. The van der Waals surface area contributed by atoms with Gasteiger partial charge >= 0.3 is 0 Å². The van der Waals surface area contributed by atoms with E-state index in [2.05, 4.69) is 19.2 Å². The molecule has 0 aromatic rings. The van der Waals surface area contributed by atoms with Gasteiger partial charge in [0.1, 0.15) is 5.60 Å². The summed E-state index contributed by atoms with van der Waals surface area (Å²) in [4.78, 5) is 11.7. The number of amides is 1. The van der Waals surface area contributed by atoms with Crippen molar-refractivity contribution in [1.29, 1.82) is 0 Å². The standard InChI is InChI=1S/C14H25NO2/c1-3-10(2)11-4-6-12(7-5-11)15-13(16)14(17)8-9-14/h10-12,17H,3-9H2,1-2H3,(H,15,16). The number of nitrogens with one attached hydrogen (secondary N) is 1. The second kappa shape index (κ2) is 4.97. The van der Waals surface area contributed by atoms with Crippen LogP contribution in [-0.4, -0.2) is 22.7 Å². The van der Waals surface area contributed by atoms with E-state index >= 15 is 0 Å². The van der Waals surface area contributed by atoms with Gasteiger partial charge in [-0.1, -0.05) is 20.3 Å². The summed E-state index contributed by atoms with van der Waals surface area (Å²) in [5.41, 5.74) is -1.01. The van der Waals surface area contributed by atoms with Crippen LogP contribution in [0.2, 0.25) is 0 Å². The third-order valence-corrected chi connectivity index (χ3v) is 4.70. The van der Waals surface area contributed by atoms with Crippen LogP contribution in [0.4, 0.5) is 0 Å². The van der Waals surface area contributed by atoms with Gasteiger partial charge in [0.05, 0.1) is 0 Å². The Balaban J connectivity index is 1.74. The first-order valence-electron chi connectivity index (χ1n) is 7.08. The zero-order chi connectivity index (χ0) is 12.5. The van der Waals surface area contributed by atoms with Crippen LogP contribution in [0.1, 0.15) is 58.8 Å². The largest absolute Gasteiger partial charge is 0.380 e. The fraction of sp³-hybridized carbons (Fsp3) is 0.929. The SMILES string of the molecule is CCC(C)C1CCC(NC(=O)C2(O)CC2)CC1. The first kappa shape index (κ1) is 12.9. The molecule has 2 rings (SSSR count). The summed E-state index contributed by atoms with van der Waals surface area (Å²) in [7, 11) is 0. The average molecular weight is 239 g/mol. The van der Waals surface area contributed by atoms with Crippen molar-refractivity contribution in [1.82, 2.24) is 5.32 Å². The first-order chi connectivity index (χ1) is 8.05. The van der Waals surface area contributed by atoms with Gasteiger partial charge in [0.2, 0.25) is 0 Å². The molecule has 1 amide bonds. The topological polar surface area (TPSA) is 49.3 Å². The van der Waals surface area contributed by atoms with Gasteiger partial charge in [-0.25, -0.2) is 0 Å². The first-order valence-corrected chi connectivity index (χ1v) is 7.08. The molecule has 0 radical (unpaired) electrons. The molecule has 2 aliphatic carbocycles. The Labute approximate surface area is 104 Å². The molecule has 3 heteroatoms. The van der Waals surface area contributed by atoms with Crippen molar-refractivity contribution in [3.63, 3.8) is 0 Å². The molecule has 1 unspecified atom stereocenters. The second-order valence-electron chi connectivity index (χ2n) is 6.00. The number of aliphatic hydroxyl groups is 1. The summed E-state index contributed by atoms with van der Waals surface area (Å²) < 4.78 is 0. The van der Waals surface area contributed by atoms with Crippen molar-refractivity contribution in [3.05, 3.63) is 0 Å². The van der Waals surface area contributed by atoms with Gasteiger partial charge in [-0.2, -0.15) is 0 Å². The predicted molar refractivity (Wildman–Crippen MR) is 67.5 cm³/mol. The average Bonchev–Trinajstić information content (AvgIpc) is 3.09. The molecule has 0 aliphatic heterocycles. The summed E-state index contributed by atoms with van der Waals surface area (Å²) in [6.45, 7) is 4.58. The normalized spacial score (nSPS) is 32.9. The lowest BCUT2D eigenvalue weighted by Gasteiger charge is -2.32. The lowest BCUT2D eigenvalue weighted by molar-refractivity contribution is -0.132. The van der Waals surface area contributed by atoms with Crippen molar-refractivity contribution < 1.29 is 9.90 Å². The Morgan fingerprint density at radius 2 is 1.94 bits per heavy atom. The number of hydrogen-bond acceptors (Lipinski definition) is 2. The fourth-order valence-corrected chi connectivity index (χ4v) is 2.83. The van der Waals surface area contributed by atoms with Crippen LogP contribution in [0.3, 0.4) is 0 Å². The fourth-order valence-electron chi connectivity index (χ4n) is 2.83. The van der Waals surface area contributed by atoms with Gasteiger partial charge in [0.25, 0.3) is 5.91 Å². The second-order valence-corrected chi connectivity index (χ2v) is 6.00. The van der Waals surface area contributed by atoms with E-state index in [4.69, 9.17) is 0 Å². The van der Waals surface area contributed by atoms with E-state index in [9.17, 15) is 9.90 Å². The van der Waals surface area contributed by atoms with Gasteiger partial charge in [-0.15, -0.1) is 0 Å². The van der Waals surface area contributed by atoms with Gasteiger partial charge in [0.15, 0.2) is 0 Å². The molecular formula is C14H25NO2. The van der Waals surface area contributed by atoms with Crippen molar-refractivity contribution in [3.8, 4) is 0 Å². The molecule has 0 spiro atoms. The number of carbonyl (C=O) groups excluding carboxylic acids is 1. The highest BCUT2D eigenvalue weighted by Crippen LogP contribution is 2.36. The summed E-state index contributed by atoms with van der Waals surface area (Å²) in [5.74, 6) is 1.50. The zero-order valence-corrected chi connectivity index (χ0v) is 11.0. The smallest absolute Gasteiger partial charge is 0.252 e. The summed E-state index contributed by atoms with van der Waals surface area (Å²) in [6, 6.07) is 0.299. The molecular weight excluding hydrogens is 214 g/mol. The van der Waals surface area contributed by atoms with Crippen LogP contribution in [0.15, 0.2) is 0 Å². The van der Waals surface area contributed by atoms with E-state index in [1.54, 1.807) is 0 Å². The van der Waals surface area contributed by atoms with Crippen LogP contribution in [0.5, 0.6) is 0 Å². The molecule has 2 fully saturated rings. The molecule has 2 N–H and O–H groups in total. The lowest BCUT2D eigenvalue weighted by Crippen LogP contribution is -2.44. The van der Waals surface area contributed by atoms with E-state index in [-0.39, 0.29) is 5.91 Å². The molecule has 2 saturated carbocycles. The minimum atomic E-state index is -1.01. The molecule has 2 aliphatic rings. The van der Waals surface area contributed by atoms with Crippen LogP contribution >= 0.6 is 0 Å². The highest BCUT2D eigenvalue weighted by Gasteiger charge is 2.48. The maximum atomic E-state index is 11.7. The van der Waals surface area contributed by atoms with Crippen LogP contribution in [0.25, 0.3) is 0 Å². The van der Waals surface area contributed by atoms with Crippen LogP contribution in [-0.2, 0) is 4.79 Å². The highest BCUT2D eigenvalue weighted by atomic mass is 16.3. The molecule has 1 atom stereocenters. The van der Waals surface area contributed by atoms with E-state index in [1.807, 2.05) is 0 Å². The Bertz CT molecular complexity index is 278. The molecule has 0 aromatic carbocycles. The van der Waals surface area contributed by atoms with E-state index < -0.39 is 5.60 Å². The molecule has 98 valence electrons. The highest BCUT2D eigenvalue weighted by molar-refractivity contribution is 5.87. The summed E-state index contributed by atoms with van der Waals surface area (Å²) in [6.07, 6.45) is 7.13. The predicted octanol–water partition coefficient (Wildman–Crippen LogP) is 2.23. The minimum absolute atomic E-state index is 0.135. The zero-order valence-electron chi connectivity index (χ0n) is 11.0. The van der Waals surface area contributed by atoms with Crippen LogP contribution in [0, 0.1) is 11.8 Å². The summed E-state index contributed by atoms with van der Waals surface area (Å²) >= 11 is 0. The Morgan fingerprint density at radius 1 is 1.35 bits per heavy atom. The van der Waals surface area contributed by atoms with Gasteiger partial charge in [-0.05, 0) is 50.4 Å². The molecule has 17 heavy (non-hydrogen) atoms. The van der Waals surface area contributed by atoms with E-state index in [1.165, 1.54) is 19.3 Å². The third-order valence-electron chi connectivity index (χ3n) is 4.70. The lowest BCUT2D eigenvalue weighted by atomic mass is 9.78. The monoisotopic (exact) mass is 239 g/mol. The van der Waals surface area contributed by atoms with Crippen molar-refractivity contribution >= 4 is 5.91 Å². The maximum absolute atomic E-state index is 11.7. The molecule has 0 heterocycles. The van der Waals surface area contributed by atoms with E-state index in [0.29, 0.717) is 18.9 Å². The molecule has 0 bridgehead atoms. The van der Waals surface area contributed by atoms with Gasteiger partial charge < -0.3 is 10.4 Å². The number of carbonyl (C=O) groups is 1. The molecule has 3 nitrogen and oxygen atoms in total. The maximum Gasteiger partial charge on any atom is 0.252 e.